The zero-order chi connectivity index (χ0) is 18.6. The fraction of sp³-hybridized carbons (Fsp3) is 0.500. The maximum absolute atomic E-state index is 12.4. The van der Waals surface area contributed by atoms with Gasteiger partial charge in [-0.15, -0.1) is 6.58 Å². The molecule has 136 valence electrons. The predicted octanol–water partition coefficient (Wildman–Crippen LogP) is 2.89. The van der Waals surface area contributed by atoms with E-state index < -0.39 is 4.92 Å². The maximum Gasteiger partial charge on any atom is 0.292 e. The van der Waals surface area contributed by atoms with Gasteiger partial charge in [0.1, 0.15) is 5.69 Å². The van der Waals surface area contributed by atoms with Gasteiger partial charge in [0.15, 0.2) is 0 Å². The van der Waals surface area contributed by atoms with Crippen molar-refractivity contribution in [1.82, 2.24) is 4.90 Å². The summed E-state index contributed by atoms with van der Waals surface area (Å²) in [5, 5.41) is 14.2. The number of benzene rings is 1. The Kier molecular flexibility index (Phi) is 5.66. The number of carbonyl (C=O) groups is 1. The van der Waals surface area contributed by atoms with E-state index in [4.69, 9.17) is 0 Å². The Hall–Kier alpha value is -2.57. The number of carbonyl (C=O) groups excluding carboxylic acids is 1. The Balaban J connectivity index is 2.11. The van der Waals surface area contributed by atoms with Gasteiger partial charge in [0, 0.05) is 49.9 Å². The zero-order valence-corrected chi connectivity index (χ0v) is 15.1. The van der Waals surface area contributed by atoms with Crippen LogP contribution < -0.4 is 10.2 Å². The highest BCUT2D eigenvalue weighted by molar-refractivity contribution is 5.81. The molecule has 0 spiro atoms. The van der Waals surface area contributed by atoms with Crippen LogP contribution in [-0.2, 0) is 4.79 Å². The topological polar surface area (TPSA) is 78.7 Å². The Morgan fingerprint density at radius 2 is 1.96 bits per heavy atom. The molecule has 1 saturated heterocycles. The third kappa shape index (κ3) is 4.49. The van der Waals surface area contributed by atoms with Gasteiger partial charge in [-0.25, -0.2) is 0 Å². The molecular weight excluding hydrogens is 320 g/mol. The standard InChI is InChI=1S/C18H26N4O3/c1-5-8-19-15-13-14(6-7-16(15)22(24)25)20-9-11-21(12-10-20)17(23)18(2,3)4/h5-7,13,19H,1,8-12H2,2-4H3. The summed E-state index contributed by atoms with van der Waals surface area (Å²) in [6.07, 6.45) is 1.66. The van der Waals surface area contributed by atoms with E-state index in [0.717, 1.165) is 5.69 Å². The molecule has 1 heterocycles. The molecule has 1 aliphatic rings. The Bertz CT molecular complexity index is 659. The molecule has 1 aromatic rings. The normalized spacial score (nSPS) is 15.0. The first-order valence-corrected chi connectivity index (χ1v) is 8.41. The first-order chi connectivity index (χ1) is 11.7. The lowest BCUT2D eigenvalue weighted by Crippen LogP contribution is -2.51. The average Bonchev–Trinajstić information content (AvgIpc) is 2.58. The molecule has 7 nitrogen and oxygen atoms in total. The van der Waals surface area contributed by atoms with Gasteiger partial charge in [-0.05, 0) is 12.1 Å². The van der Waals surface area contributed by atoms with E-state index in [-0.39, 0.29) is 17.0 Å². The average molecular weight is 346 g/mol. The molecule has 2 rings (SSSR count). The number of rotatable bonds is 5. The van der Waals surface area contributed by atoms with Crippen molar-refractivity contribution in [2.75, 3.05) is 42.9 Å². The molecule has 0 bridgehead atoms. The minimum atomic E-state index is -0.394. The number of nitrogens with one attached hydrogen (secondary N) is 1. The summed E-state index contributed by atoms with van der Waals surface area (Å²) in [4.78, 5) is 27.2. The van der Waals surface area contributed by atoms with Crippen molar-refractivity contribution in [1.29, 1.82) is 0 Å². The third-order valence-electron chi connectivity index (χ3n) is 4.19. The second-order valence-corrected chi connectivity index (χ2v) is 7.16. The highest BCUT2D eigenvalue weighted by atomic mass is 16.6. The van der Waals surface area contributed by atoms with Crippen LogP contribution in [0.15, 0.2) is 30.9 Å². The van der Waals surface area contributed by atoms with Crippen LogP contribution in [0.25, 0.3) is 0 Å². The summed E-state index contributed by atoms with van der Waals surface area (Å²) in [6.45, 7) is 12.6. The second-order valence-electron chi connectivity index (χ2n) is 7.16. The van der Waals surface area contributed by atoms with Gasteiger partial charge in [-0.2, -0.15) is 0 Å². The summed E-state index contributed by atoms with van der Waals surface area (Å²) in [5.74, 6) is 0.157. The minimum Gasteiger partial charge on any atom is -0.376 e. The summed E-state index contributed by atoms with van der Waals surface area (Å²) in [6, 6.07) is 5.08. The number of nitrogens with zero attached hydrogens (tertiary/aromatic N) is 3. The van der Waals surface area contributed by atoms with E-state index in [1.165, 1.54) is 6.07 Å². The van der Waals surface area contributed by atoms with Crippen LogP contribution in [0, 0.1) is 15.5 Å². The fourth-order valence-corrected chi connectivity index (χ4v) is 2.85. The molecule has 1 N–H and O–H groups in total. The largest absolute Gasteiger partial charge is 0.376 e. The van der Waals surface area contributed by atoms with Crippen molar-refractivity contribution < 1.29 is 9.72 Å². The van der Waals surface area contributed by atoms with Gasteiger partial charge in [0.2, 0.25) is 5.91 Å². The Morgan fingerprint density at radius 1 is 1.32 bits per heavy atom. The number of anilines is 2. The molecule has 0 aliphatic carbocycles. The Labute approximate surface area is 148 Å². The highest BCUT2D eigenvalue weighted by Crippen LogP contribution is 2.30. The third-order valence-corrected chi connectivity index (χ3v) is 4.19. The monoisotopic (exact) mass is 346 g/mol. The molecule has 0 aromatic heterocycles. The molecule has 0 saturated carbocycles. The number of hydrogen-bond donors (Lipinski definition) is 1. The minimum absolute atomic E-state index is 0.0483. The molecule has 0 unspecified atom stereocenters. The number of piperazine rings is 1. The van der Waals surface area contributed by atoms with Crippen molar-refractivity contribution in [2.24, 2.45) is 5.41 Å². The predicted molar refractivity (Wildman–Crippen MR) is 100 cm³/mol. The van der Waals surface area contributed by atoms with Crippen LogP contribution in [0.5, 0.6) is 0 Å². The fourth-order valence-electron chi connectivity index (χ4n) is 2.85. The smallest absolute Gasteiger partial charge is 0.292 e. The first kappa shape index (κ1) is 18.8. The molecule has 0 atom stereocenters. The van der Waals surface area contributed by atoms with Gasteiger partial charge >= 0.3 is 0 Å². The van der Waals surface area contributed by atoms with Crippen LogP contribution in [0.4, 0.5) is 17.1 Å². The number of amides is 1. The van der Waals surface area contributed by atoms with E-state index in [0.29, 0.717) is 38.4 Å². The molecule has 0 radical (unpaired) electrons. The number of nitro benzene ring substituents is 1. The van der Waals surface area contributed by atoms with Gasteiger partial charge in [0.05, 0.1) is 4.92 Å². The zero-order valence-electron chi connectivity index (χ0n) is 15.1. The molecule has 1 fully saturated rings. The summed E-state index contributed by atoms with van der Waals surface area (Å²) in [7, 11) is 0. The number of hydrogen-bond acceptors (Lipinski definition) is 5. The van der Waals surface area contributed by atoms with Gasteiger partial charge in [0.25, 0.3) is 5.69 Å². The lowest BCUT2D eigenvalue weighted by atomic mass is 9.94. The molecule has 25 heavy (non-hydrogen) atoms. The van der Waals surface area contributed by atoms with Crippen molar-refractivity contribution in [2.45, 2.75) is 20.8 Å². The molecule has 1 amide bonds. The molecular formula is C18H26N4O3. The van der Waals surface area contributed by atoms with E-state index in [2.05, 4.69) is 16.8 Å². The summed E-state index contributed by atoms with van der Waals surface area (Å²) >= 11 is 0. The van der Waals surface area contributed by atoms with Crippen LogP contribution in [-0.4, -0.2) is 48.5 Å². The van der Waals surface area contributed by atoms with Crippen molar-refractivity contribution in [3.8, 4) is 0 Å². The quantitative estimate of drug-likeness (QED) is 0.504. The summed E-state index contributed by atoms with van der Waals surface area (Å²) in [5.41, 5.74) is 1.07. The second kappa shape index (κ2) is 7.55. The van der Waals surface area contributed by atoms with Crippen molar-refractivity contribution >= 4 is 23.0 Å². The van der Waals surface area contributed by atoms with Gasteiger partial charge in [-0.3, -0.25) is 14.9 Å². The SMILES string of the molecule is C=CCNc1cc(N2CCN(C(=O)C(C)(C)C)CC2)ccc1[N+](=O)[O-]. The number of nitro groups is 1. The summed E-state index contributed by atoms with van der Waals surface area (Å²) < 4.78 is 0. The van der Waals surface area contributed by atoms with Gasteiger partial charge < -0.3 is 15.1 Å². The van der Waals surface area contributed by atoms with Gasteiger partial charge in [-0.1, -0.05) is 26.8 Å². The van der Waals surface area contributed by atoms with Crippen LogP contribution >= 0.6 is 0 Å². The molecule has 7 heteroatoms. The van der Waals surface area contributed by atoms with E-state index in [1.54, 1.807) is 18.2 Å². The highest BCUT2D eigenvalue weighted by Gasteiger charge is 2.30. The van der Waals surface area contributed by atoms with Crippen LogP contribution in [0.3, 0.4) is 0 Å². The van der Waals surface area contributed by atoms with Crippen molar-refractivity contribution in [3.63, 3.8) is 0 Å². The van der Waals surface area contributed by atoms with E-state index >= 15 is 0 Å². The lowest BCUT2D eigenvalue weighted by Gasteiger charge is -2.38. The maximum atomic E-state index is 12.4. The Morgan fingerprint density at radius 3 is 2.48 bits per heavy atom. The van der Waals surface area contributed by atoms with Crippen LogP contribution in [0.1, 0.15) is 20.8 Å². The molecule has 1 aromatic carbocycles. The van der Waals surface area contributed by atoms with Crippen LogP contribution in [0.2, 0.25) is 0 Å². The first-order valence-electron chi connectivity index (χ1n) is 8.41. The van der Waals surface area contributed by atoms with Crippen molar-refractivity contribution in [3.05, 3.63) is 41.0 Å². The van der Waals surface area contributed by atoms with E-state index in [1.807, 2.05) is 25.7 Å². The molecule has 1 aliphatic heterocycles. The van der Waals surface area contributed by atoms with E-state index in [9.17, 15) is 14.9 Å². The lowest BCUT2D eigenvalue weighted by molar-refractivity contribution is -0.383.